The Hall–Kier alpha value is -1.11. The van der Waals surface area contributed by atoms with Crippen molar-refractivity contribution in [1.82, 2.24) is 4.31 Å². The zero-order chi connectivity index (χ0) is 15.5. The lowest BCUT2D eigenvalue weighted by Gasteiger charge is -2.32. The van der Waals surface area contributed by atoms with Crippen LogP contribution in [0.4, 0.5) is 5.69 Å². The number of aryl methyl sites for hydroxylation is 1. The average molecular weight is 312 g/mol. The van der Waals surface area contributed by atoms with Crippen molar-refractivity contribution < 1.29 is 13.2 Å². The molecule has 1 aromatic rings. The van der Waals surface area contributed by atoms with E-state index in [4.69, 9.17) is 10.5 Å². The van der Waals surface area contributed by atoms with Crippen molar-refractivity contribution in [3.63, 3.8) is 0 Å². The Morgan fingerprint density at radius 3 is 2.86 bits per heavy atom. The molecular weight excluding hydrogens is 288 g/mol. The van der Waals surface area contributed by atoms with Gasteiger partial charge >= 0.3 is 0 Å². The summed E-state index contributed by atoms with van der Waals surface area (Å²) >= 11 is 0. The lowest BCUT2D eigenvalue weighted by molar-refractivity contribution is 0.0193. The SMILES string of the molecule is CCCOC1CCCN(S(=O)(=O)c2ccc(C)cc2N)C1. The Labute approximate surface area is 127 Å². The summed E-state index contributed by atoms with van der Waals surface area (Å²) in [7, 11) is -3.54. The van der Waals surface area contributed by atoms with Crippen LogP contribution in [0.15, 0.2) is 23.1 Å². The van der Waals surface area contributed by atoms with E-state index in [0.29, 0.717) is 25.4 Å². The molecule has 0 bridgehead atoms. The quantitative estimate of drug-likeness (QED) is 0.846. The van der Waals surface area contributed by atoms with Gasteiger partial charge in [-0.2, -0.15) is 4.31 Å². The number of anilines is 1. The Kier molecular flexibility index (Phi) is 5.24. The smallest absolute Gasteiger partial charge is 0.245 e. The number of nitrogen functional groups attached to an aromatic ring is 1. The summed E-state index contributed by atoms with van der Waals surface area (Å²) < 4.78 is 32.7. The van der Waals surface area contributed by atoms with Crippen LogP contribution in [0.1, 0.15) is 31.7 Å². The third-order valence-electron chi connectivity index (χ3n) is 3.68. The minimum atomic E-state index is -3.54. The second-order valence-corrected chi connectivity index (χ2v) is 7.45. The van der Waals surface area contributed by atoms with Gasteiger partial charge in [0.15, 0.2) is 0 Å². The normalized spacial score (nSPS) is 20.6. The number of rotatable bonds is 5. The first kappa shape index (κ1) is 16.3. The summed E-state index contributed by atoms with van der Waals surface area (Å²) in [6.07, 6.45) is 2.66. The third kappa shape index (κ3) is 3.75. The zero-order valence-corrected chi connectivity index (χ0v) is 13.5. The number of sulfonamides is 1. The molecule has 1 fully saturated rings. The van der Waals surface area contributed by atoms with Crippen LogP contribution in [0.2, 0.25) is 0 Å². The van der Waals surface area contributed by atoms with E-state index in [1.54, 1.807) is 18.2 Å². The first-order valence-electron chi connectivity index (χ1n) is 7.43. The molecule has 1 heterocycles. The number of nitrogens with two attached hydrogens (primary N) is 1. The number of ether oxygens (including phenoxy) is 1. The minimum absolute atomic E-state index is 0.0138. The summed E-state index contributed by atoms with van der Waals surface area (Å²) in [6, 6.07) is 5.07. The van der Waals surface area contributed by atoms with Gasteiger partial charge in [0.2, 0.25) is 10.0 Å². The molecule has 1 atom stereocenters. The van der Waals surface area contributed by atoms with Gasteiger partial charge < -0.3 is 10.5 Å². The van der Waals surface area contributed by atoms with E-state index in [9.17, 15) is 8.42 Å². The Morgan fingerprint density at radius 2 is 2.19 bits per heavy atom. The van der Waals surface area contributed by atoms with Crippen LogP contribution in [0.25, 0.3) is 0 Å². The summed E-state index contributed by atoms with van der Waals surface area (Å²) in [6.45, 7) is 5.55. The van der Waals surface area contributed by atoms with Crippen LogP contribution in [-0.2, 0) is 14.8 Å². The van der Waals surface area contributed by atoms with Gasteiger partial charge in [-0.25, -0.2) is 8.42 Å². The molecule has 21 heavy (non-hydrogen) atoms. The number of piperidine rings is 1. The van der Waals surface area contributed by atoms with Gasteiger partial charge in [0.05, 0.1) is 11.8 Å². The van der Waals surface area contributed by atoms with Gasteiger partial charge in [0, 0.05) is 19.7 Å². The molecule has 2 rings (SSSR count). The van der Waals surface area contributed by atoms with Crippen molar-refractivity contribution in [2.75, 3.05) is 25.4 Å². The molecule has 0 saturated carbocycles. The molecule has 2 N–H and O–H groups in total. The van der Waals surface area contributed by atoms with Crippen LogP contribution < -0.4 is 5.73 Å². The Balaban J connectivity index is 2.18. The van der Waals surface area contributed by atoms with Crippen molar-refractivity contribution in [3.05, 3.63) is 23.8 Å². The molecule has 0 spiro atoms. The maximum atomic E-state index is 12.7. The summed E-state index contributed by atoms with van der Waals surface area (Å²) in [5.74, 6) is 0. The van der Waals surface area contributed by atoms with E-state index in [1.807, 2.05) is 13.8 Å². The highest BCUT2D eigenvalue weighted by Gasteiger charge is 2.31. The molecule has 0 aromatic heterocycles. The summed E-state index contributed by atoms with van der Waals surface area (Å²) in [5, 5.41) is 0. The molecule has 0 radical (unpaired) electrons. The monoisotopic (exact) mass is 312 g/mol. The van der Waals surface area contributed by atoms with Gasteiger partial charge in [-0.15, -0.1) is 0 Å². The number of hydrogen-bond donors (Lipinski definition) is 1. The van der Waals surface area contributed by atoms with E-state index in [0.717, 1.165) is 24.8 Å². The van der Waals surface area contributed by atoms with Crippen LogP contribution >= 0.6 is 0 Å². The van der Waals surface area contributed by atoms with Crippen molar-refractivity contribution in [3.8, 4) is 0 Å². The van der Waals surface area contributed by atoms with Crippen molar-refractivity contribution in [2.45, 2.75) is 44.1 Å². The van der Waals surface area contributed by atoms with Gasteiger partial charge in [0.1, 0.15) is 4.90 Å². The zero-order valence-electron chi connectivity index (χ0n) is 12.7. The molecule has 0 amide bonds. The first-order chi connectivity index (χ1) is 9.95. The molecule has 1 aromatic carbocycles. The van der Waals surface area contributed by atoms with Crippen molar-refractivity contribution >= 4 is 15.7 Å². The predicted octanol–water partition coefficient (Wildman–Crippen LogP) is 2.16. The predicted molar refractivity (Wildman–Crippen MR) is 83.6 cm³/mol. The van der Waals surface area contributed by atoms with E-state index in [-0.39, 0.29) is 11.0 Å². The fraction of sp³-hybridized carbons (Fsp3) is 0.600. The highest BCUT2D eigenvalue weighted by atomic mass is 32.2. The van der Waals surface area contributed by atoms with Gasteiger partial charge in [-0.1, -0.05) is 13.0 Å². The molecule has 1 aliphatic rings. The molecule has 1 saturated heterocycles. The number of hydrogen-bond acceptors (Lipinski definition) is 4. The van der Waals surface area contributed by atoms with Crippen molar-refractivity contribution in [2.24, 2.45) is 0 Å². The fourth-order valence-electron chi connectivity index (χ4n) is 2.59. The maximum Gasteiger partial charge on any atom is 0.245 e. The second-order valence-electron chi connectivity index (χ2n) is 5.54. The summed E-state index contributed by atoms with van der Waals surface area (Å²) in [5.41, 5.74) is 7.16. The highest BCUT2D eigenvalue weighted by Crippen LogP contribution is 2.26. The van der Waals surface area contributed by atoms with Gasteiger partial charge in [0.25, 0.3) is 0 Å². The average Bonchev–Trinajstić information content (AvgIpc) is 2.45. The largest absolute Gasteiger partial charge is 0.398 e. The molecular formula is C15H24N2O3S. The second kappa shape index (κ2) is 6.77. The molecule has 5 nitrogen and oxygen atoms in total. The van der Waals surface area contributed by atoms with Crippen LogP contribution in [0, 0.1) is 6.92 Å². The molecule has 118 valence electrons. The third-order valence-corrected chi connectivity index (χ3v) is 5.62. The van der Waals surface area contributed by atoms with Crippen molar-refractivity contribution in [1.29, 1.82) is 0 Å². The molecule has 6 heteroatoms. The number of nitrogens with zero attached hydrogens (tertiary/aromatic N) is 1. The lowest BCUT2D eigenvalue weighted by Crippen LogP contribution is -2.43. The van der Waals surface area contributed by atoms with E-state index >= 15 is 0 Å². The minimum Gasteiger partial charge on any atom is -0.398 e. The summed E-state index contributed by atoms with van der Waals surface area (Å²) in [4.78, 5) is 0.198. The van der Waals surface area contributed by atoms with Gasteiger partial charge in [-0.3, -0.25) is 0 Å². The standard InChI is InChI=1S/C15H24N2O3S/c1-3-9-20-13-5-4-8-17(11-13)21(18,19)15-7-6-12(2)10-14(15)16/h6-7,10,13H,3-5,8-9,11,16H2,1-2H3. The molecule has 1 unspecified atom stereocenters. The maximum absolute atomic E-state index is 12.7. The van der Waals surface area contributed by atoms with Gasteiger partial charge in [-0.05, 0) is 43.9 Å². The molecule has 0 aliphatic carbocycles. The van der Waals surface area contributed by atoms with E-state index < -0.39 is 10.0 Å². The fourth-order valence-corrected chi connectivity index (χ4v) is 4.19. The Morgan fingerprint density at radius 1 is 1.43 bits per heavy atom. The lowest BCUT2D eigenvalue weighted by atomic mass is 10.1. The Bertz CT molecular complexity index is 587. The van der Waals surface area contributed by atoms with Crippen LogP contribution in [0.3, 0.4) is 0 Å². The topological polar surface area (TPSA) is 72.6 Å². The number of benzene rings is 1. The first-order valence-corrected chi connectivity index (χ1v) is 8.87. The molecule has 1 aliphatic heterocycles. The van der Waals surface area contributed by atoms with E-state index in [2.05, 4.69) is 0 Å². The van der Waals surface area contributed by atoms with Crippen LogP contribution in [0.5, 0.6) is 0 Å². The van der Waals surface area contributed by atoms with E-state index in [1.165, 1.54) is 4.31 Å². The van der Waals surface area contributed by atoms with Crippen LogP contribution in [-0.4, -0.2) is 38.5 Å². The highest BCUT2D eigenvalue weighted by molar-refractivity contribution is 7.89.